The quantitative estimate of drug-likeness (QED) is 0.600. The lowest BCUT2D eigenvalue weighted by Gasteiger charge is -1.91. The van der Waals surface area contributed by atoms with Crippen LogP contribution in [0.3, 0.4) is 0 Å². The van der Waals surface area contributed by atoms with Crippen molar-refractivity contribution in [1.29, 1.82) is 0 Å². The molecule has 76 valence electrons. The van der Waals surface area contributed by atoms with E-state index in [1.165, 1.54) is 10.1 Å². The van der Waals surface area contributed by atoms with E-state index in [1.54, 1.807) is 11.3 Å². The van der Waals surface area contributed by atoms with Crippen molar-refractivity contribution in [3.05, 3.63) is 35.2 Å². The first-order valence-electron chi connectivity index (χ1n) is 5.01. The number of fused-ring (bicyclic) bond motifs is 1. The van der Waals surface area contributed by atoms with E-state index in [0.717, 1.165) is 18.5 Å². The van der Waals surface area contributed by atoms with Crippen LogP contribution >= 0.6 is 11.3 Å². The van der Waals surface area contributed by atoms with Gasteiger partial charge in [0, 0.05) is 23.2 Å². The van der Waals surface area contributed by atoms with Gasteiger partial charge in [-0.3, -0.25) is 0 Å². The molecule has 2 rings (SSSR count). The molecule has 2 aromatic rings. The second-order valence-corrected chi connectivity index (χ2v) is 4.28. The monoisotopic (exact) mass is 215 g/mol. The molecule has 0 amide bonds. The van der Waals surface area contributed by atoms with Gasteiger partial charge in [-0.05, 0) is 36.0 Å². The summed E-state index contributed by atoms with van der Waals surface area (Å²) in [6.45, 7) is 0.953. The zero-order chi connectivity index (χ0) is 10.5. The molecule has 1 nitrogen and oxygen atoms in total. The van der Waals surface area contributed by atoms with E-state index in [4.69, 9.17) is 0 Å². The summed E-state index contributed by atoms with van der Waals surface area (Å²) in [5.41, 5.74) is 1.11. The van der Waals surface area contributed by atoms with Gasteiger partial charge in [-0.15, -0.1) is 11.3 Å². The molecule has 0 radical (unpaired) electrons. The number of hydrogen-bond donors (Lipinski definition) is 1. The molecule has 2 heteroatoms. The summed E-state index contributed by atoms with van der Waals surface area (Å²) in [7, 11) is 1.94. The minimum atomic E-state index is 0.902. The molecule has 0 unspecified atom stereocenters. The van der Waals surface area contributed by atoms with Crippen LogP contribution in [0.1, 0.15) is 12.0 Å². The van der Waals surface area contributed by atoms with Gasteiger partial charge in [0.25, 0.3) is 0 Å². The van der Waals surface area contributed by atoms with Crippen LogP contribution in [0.4, 0.5) is 0 Å². The minimum Gasteiger partial charge on any atom is -0.319 e. The third-order valence-electron chi connectivity index (χ3n) is 2.19. The molecule has 1 aromatic heterocycles. The molecular formula is C13H13NS. The molecule has 0 bridgehead atoms. The highest BCUT2D eigenvalue weighted by atomic mass is 32.1. The zero-order valence-corrected chi connectivity index (χ0v) is 9.53. The van der Waals surface area contributed by atoms with Crippen molar-refractivity contribution in [3.8, 4) is 11.8 Å². The second kappa shape index (κ2) is 4.97. The maximum atomic E-state index is 3.18. The average molecular weight is 215 g/mol. The average Bonchev–Trinajstić information content (AvgIpc) is 2.71. The molecule has 0 atom stereocenters. The van der Waals surface area contributed by atoms with E-state index >= 15 is 0 Å². The Balaban J connectivity index is 2.16. The van der Waals surface area contributed by atoms with Crippen molar-refractivity contribution in [2.75, 3.05) is 13.6 Å². The molecule has 0 spiro atoms. The smallest absolute Gasteiger partial charge is 0.0355 e. The number of benzene rings is 1. The molecule has 0 fully saturated rings. The van der Waals surface area contributed by atoms with Crippen LogP contribution in [0.15, 0.2) is 29.6 Å². The Morgan fingerprint density at radius 1 is 1.33 bits per heavy atom. The van der Waals surface area contributed by atoms with Crippen LogP contribution < -0.4 is 5.32 Å². The summed E-state index contributed by atoms with van der Waals surface area (Å²) >= 11 is 1.77. The first-order valence-corrected chi connectivity index (χ1v) is 5.89. The summed E-state index contributed by atoms with van der Waals surface area (Å²) in [5, 5.41) is 6.50. The largest absolute Gasteiger partial charge is 0.319 e. The van der Waals surface area contributed by atoms with Gasteiger partial charge in [-0.25, -0.2) is 0 Å². The van der Waals surface area contributed by atoms with Crippen LogP contribution in [-0.2, 0) is 0 Å². The zero-order valence-electron chi connectivity index (χ0n) is 8.71. The molecule has 1 heterocycles. The lowest BCUT2D eigenvalue weighted by molar-refractivity contribution is 0.818. The number of nitrogens with one attached hydrogen (secondary N) is 1. The lowest BCUT2D eigenvalue weighted by Crippen LogP contribution is -2.05. The van der Waals surface area contributed by atoms with Gasteiger partial charge < -0.3 is 5.32 Å². The van der Waals surface area contributed by atoms with Gasteiger partial charge in [0.15, 0.2) is 0 Å². The topological polar surface area (TPSA) is 12.0 Å². The van der Waals surface area contributed by atoms with Crippen LogP contribution in [0, 0.1) is 11.8 Å². The number of thiophene rings is 1. The van der Waals surface area contributed by atoms with E-state index < -0.39 is 0 Å². The Bertz CT molecular complexity index is 502. The van der Waals surface area contributed by atoms with Crippen molar-refractivity contribution in [1.82, 2.24) is 5.32 Å². The molecule has 1 N–H and O–H groups in total. The Morgan fingerprint density at radius 3 is 3.13 bits per heavy atom. The van der Waals surface area contributed by atoms with Crippen LogP contribution in [0.2, 0.25) is 0 Å². The highest BCUT2D eigenvalue weighted by Crippen LogP contribution is 2.21. The summed E-state index contributed by atoms with van der Waals surface area (Å²) in [6.07, 6.45) is 0.902. The first-order chi connectivity index (χ1) is 7.40. The van der Waals surface area contributed by atoms with E-state index in [0.29, 0.717) is 0 Å². The van der Waals surface area contributed by atoms with E-state index in [1.807, 2.05) is 7.05 Å². The van der Waals surface area contributed by atoms with E-state index in [-0.39, 0.29) is 0 Å². The van der Waals surface area contributed by atoms with Crippen molar-refractivity contribution in [2.45, 2.75) is 6.42 Å². The predicted molar refractivity (Wildman–Crippen MR) is 67.2 cm³/mol. The van der Waals surface area contributed by atoms with Gasteiger partial charge in [-0.2, -0.15) is 0 Å². The predicted octanol–water partition coefficient (Wildman–Crippen LogP) is 2.86. The fraction of sp³-hybridized carbons (Fsp3) is 0.231. The van der Waals surface area contributed by atoms with Gasteiger partial charge in [0.2, 0.25) is 0 Å². The molecule has 0 aliphatic carbocycles. The molecular weight excluding hydrogens is 202 g/mol. The summed E-state index contributed by atoms with van der Waals surface area (Å²) in [4.78, 5) is 0. The van der Waals surface area contributed by atoms with Crippen LogP contribution in [0.5, 0.6) is 0 Å². The molecule has 1 aromatic carbocycles. The Hall–Kier alpha value is -1.30. The fourth-order valence-electron chi connectivity index (χ4n) is 1.38. The van der Waals surface area contributed by atoms with Gasteiger partial charge in [0.1, 0.15) is 0 Å². The fourth-order valence-corrected chi connectivity index (χ4v) is 2.21. The third kappa shape index (κ3) is 2.59. The lowest BCUT2D eigenvalue weighted by atomic mass is 10.2. The Kier molecular flexibility index (Phi) is 3.39. The SMILES string of the molecule is CNCCC#Cc1ccc2ccsc2c1. The van der Waals surface area contributed by atoms with Crippen molar-refractivity contribution in [2.24, 2.45) is 0 Å². The normalized spacial score (nSPS) is 9.93. The molecule has 0 aliphatic heterocycles. The van der Waals surface area contributed by atoms with Gasteiger partial charge >= 0.3 is 0 Å². The minimum absolute atomic E-state index is 0.902. The molecule has 15 heavy (non-hydrogen) atoms. The van der Waals surface area contributed by atoms with Crippen molar-refractivity contribution in [3.63, 3.8) is 0 Å². The van der Waals surface area contributed by atoms with Crippen molar-refractivity contribution >= 4 is 21.4 Å². The molecule has 0 aliphatic rings. The Morgan fingerprint density at radius 2 is 2.27 bits per heavy atom. The maximum absolute atomic E-state index is 3.18. The van der Waals surface area contributed by atoms with Gasteiger partial charge in [0.05, 0.1) is 0 Å². The molecule has 0 saturated heterocycles. The van der Waals surface area contributed by atoms with E-state index in [2.05, 4.69) is 46.8 Å². The highest BCUT2D eigenvalue weighted by molar-refractivity contribution is 7.17. The number of hydrogen-bond acceptors (Lipinski definition) is 2. The Labute approximate surface area is 94.1 Å². The number of rotatable bonds is 2. The molecule has 0 saturated carbocycles. The summed E-state index contributed by atoms with van der Waals surface area (Å²) in [6, 6.07) is 8.51. The first kappa shape index (κ1) is 10.2. The maximum Gasteiger partial charge on any atom is 0.0355 e. The summed E-state index contributed by atoms with van der Waals surface area (Å²) < 4.78 is 1.32. The second-order valence-electron chi connectivity index (χ2n) is 3.33. The van der Waals surface area contributed by atoms with Crippen LogP contribution in [-0.4, -0.2) is 13.6 Å². The van der Waals surface area contributed by atoms with Crippen molar-refractivity contribution < 1.29 is 0 Å². The standard InChI is InChI=1S/C13H13NS/c1-14-8-3-2-4-11-5-6-12-7-9-15-13(12)10-11/h5-7,9-10,14H,3,8H2,1H3. The van der Waals surface area contributed by atoms with Crippen LogP contribution in [0.25, 0.3) is 10.1 Å². The highest BCUT2D eigenvalue weighted by Gasteiger charge is 1.94. The van der Waals surface area contributed by atoms with E-state index in [9.17, 15) is 0 Å². The summed E-state index contributed by atoms with van der Waals surface area (Å²) in [5.74, 6) is 6.33. The third-order valence-corrected chi connectivity index (χ3v) is 3.07. The van der Waals surface area contributed by atoms with Gasteiger partial charge in [-0.1, -0.05) is 17.9 Å².